The van der Waals surface area contributed by atoms with Gasteiger partial charge < -0.3 is 34.3 Å². The number of nitrogens with zero attached hydrogens (tertiary/aromatic N) is 1. The van der Waals surface area contributed by atoms with Crippen molar-refractivity contribution in [2.75, 3.05) is 20.3 Å². The molecule has 2 amide bonds. The molecule has 0 radical (unpaired) electrons. The number of aliphatic hydroxyl groups is 1. The lowest BCUT2D eigenvalue weighted by atomic mass is 10.2. The summed E-state index contributed by atoms with van der Waals surface area (Å²) in [6.45, 7) is 5.38. The van der Waals surface area contributed by atoms with Gasteiger partial charge in [0.1, 0.15) is 6.23 Å². The fourth-order valence-electron chi connectivity index (χ4n) is 1.98. The Morgan fingerprint density at radius 1 is 1.12 bits per heavy atom. The van der Waals surface area contributed by atoms with Crippen LogP contribution in [0.25, 0.3) is 0 Å². The Morgan fingerprint density at radius 2 is 1.67 bits per heavy atom. The zero-order valence-corrected chi connectivity index (χ0v) is 21.1. The lowest BCUT2D eigenvalue weighted by Crippen LogP contribution is -2.29. The highest BCUT2D eigenvalue weighted by atomic mass is 31.3. The van der Waals surface area contributed by atoms with E-state index in [2.05, 4.69) is 13.1 Å². The topological polar surface area (TPSA) is 239 Å². The summed E-state index contributed by atoms with van der Waals surface area (Å²) < 4.78 is 50.5. The quantitative estimate of drug-likeness (QED) is 0.118. The Bertz CT molecular complexity index is 757. The van der Waals surface area contributed by atoms with E-state index in [4.69, 9.17) is 24.5 Å². The normalized spacial score (nSPS) is 21.5. The monoisotopic (exact) mass is 544 g/mol. The van der Waals surface area contributed by atoms with E-state index in [0.29, 0.717) is 12.8 Å². The van der Waals surface area contributed by atoms with Gasteiger partial charge >= 0.3 is 23.5 Å². The van der Waals surface area contributed by atoms with Crippen molar-refractivity contribution >= 4 is 35.8 Å². The molecule has 4 atom stereocenters. The summed E-state index contributed by atoms with van der Waals surface area (Å²) in [4.78, 5) is 58.0. The fourth-order valence-corrected chi connectivity index (χ4v) is 5.03. The molecule has 0 saturated carbocycles. The number of phosphoric acid groups is 3. The van der Waals surface area contributed by atoms with Gasteiger partial charge in [-0.3, -0.25) is 19.4 Å². The molecule has 0 aromatic rings. The van der Waals surface area contributed by atoms with Crippen molar-refractivity contribution in [2.24, 2.45) is 0 Å². The third kappa shape index (κ3) is 18.1. The molecule has 196 valence electrons. The van der Waals surface area contributed by atoms with Crippen molar-refractivity contribution in [1.82, 2.24) is 10.2 Å². The van der Waals surface area contributed by atoms with E-state index in [1.165, 1.54) is 11.1 Å². The molecule has 1 heterocycles. The number of ether oxygens (including phenoxy) is 1. The van der Waals surface area contributed by atoms with E-state index < -0.39 is 48.3 Å². The first-order valence-corrected chi connectivity index (χ1v) is 13.9. The van der Waals surface area contributed by atoms with Crippen molar-refractivity contribution in [3.05, 3.63) is 12.3 Å². The molecule has 6 N–H and O–H groups in total. The predicted molar refractivity (Wildman–Crippen MR) is 113 cm³/mol. The summed E-state index contributed by atoms with van der Waals surface area (Å²) in [5.74, 6) is -0.649. The highest BCUT2D eigenvalue weighted by molar-refractivity contribution is 7.66. The minimum atomic E-state index is -5.57. The lowest BCUT2D eigenvalue weighted by Gasteiger charge is -2.23. The summed E-state index contributed by atoms with van der Waals surface area (Å²) in [5.41, 5.74) is 0. The number of nitrogens with one attached hydrogen (secondary N) is 1. The maximum absolute atomic E-state index is 11.6. The first-order chi connectivity index (χ1) is 15.1. The largest absolute Gasteiger partial charge is 0.490 e. The molecule has 1 rings (SSSR count). The Balaban J connectivity index is 0. The van der Waals surface area contributed by atoms with Crippen molar-refractivity contribution in [1.29, 1.82) is 0 Å². The van der Waals surface area contributed by atoms with Crippen LogP contribution in [0, 0.1) is 0 Å². The Kier molecular flexibility index (Phi) is 17.2. The standard InChI is InChI=1S/C10H19N2O13P3.C2H6O.C2H6/c1-12(5-4-9(14)11-7-13)10-3-2-8(23-10)6-22-27(18,19)25-28(20,21)24-26(15,16)17;1-2-3;1-2/h4-5,7-8,10H,2-3,6H2,1H3,(H,18,19)(H,20,21)(H,11,13,14)(H2,15,16,17);3H,2H2,1H3;1-2H3/b5-4-;;. The molecule has 19 heteroatoms. The Labute approximate surface area is 191 Å². The van der Waals surface area contributed by atoms with Crippen LogP contribution in [0.4, 0.5) is 0 Å². The second-order valence-electron chi connectivity index (χ2n) is 5.60. The molecule has 33 heavy (non-hydrogen) atoms. The number of phosphoric ester groups is 1. The zero-order chi connectivity index (χ0) is 26.3. The molecule has 0 aromatic heterocycles. The van der Waals surface area contributed by atoms with E-state index >= 15 is 0 Å². The summed E-state index contributed by atoms with van der Waals surface area (Å²) in [5, 5.41) is 9.47. The van der Waals surface area contributed by atoms with Crippen LogP contribution >= 0.6 is 23.5 Å². The number of aliphatic hydroxyl groups excluding tert-OH is 1. The van der Waals surface area contributed by atoms with Gasteiger partial charge in [0, 0.05) is 25.9 Å². The molecule has 4 unspecified atom stereocenters. The van der Waals surface area contributed by atoms with E-state index in [1.807, 2.05) is 19.2 Å². The van der Waals surface area contributed by atoms with Crippen LogP contribution in [0.1, 0.15) is 33.6 Å². The zero-order valence-electron chi connectivity index (χ0n) is 18.4. The highest BCUT2D eigenvalue weighted by Gasteiger charge is 2.41. The van der Waals surface area contributed by atoms with Gasteiger partial charge in [-0.1, -0.05) is 13.8 Å². The van der Waals surface area contributed by atoms with Crippen LogP contribution in [0.15, 0.2) is 12.3 Å². The van der Waals surface area contributed by atoms with E-state index in [9.17, 15) is 28.2 Å². The van der Waals surface area contributed by atoms with E-state index in [-0.39, 0.29) is 13.0 Å². The molecule has 16 nitrogen and oxygen atoms in total. The van der Waals surface area contributed by atoms with Crippen LogP contribution < -0.4 is 5.32 Å². The minimum Gasteiger partial charge on any atom is -0.397 e. The van der Waals surface area contributed by atoms with Crippen molar-refractivity contribution in [3.63, 3.8) is 0 Å². The molecule has 0 bridgehead atoms. The molecule has 0 spiro atoms. The number of hydrogen-bond donors (Lipinski definition) is 6. The van der Waals surface area contributed by atoms with Gasteiger partial charge in [-0.05, 0) is 19.8 Å². The smallest absolute Gasteiger partial charge is 0.397 e. The molecular formula is C14H31N2O14P3. The third-order valence-corrected chi connectivity index (χ3v) is 6.84. The average molecular weight is 544 g/mol. The maximum Gasteiger partial charge on any atom is 0.490 e. The summed E-state index contributed by atoms with van der Waals surface area (Å²) in [7, 11) is -14.7. The minimum absolute atomic E-state index is 0.220. The second kappa shape index (κ2) is 16.6. The van der Waals surface area contributed by atoms with Gasteiger partial charge in [0.05, 0.1) is 12.7 Å². The molecular weight excluding hydrogens is 513 g/mol. The Hall–Kier alpha value is -0.990. The predicted octanol–water partition coefficient (Wildman–Crippen LogP) is 0.578. The van der Waals surface area contributed by atoms with Crippen molar-refractivity contribution in [3.8, 4) is 0 Å². The van der Waals surface area contributed by atoms with Gasteiger partial charge in [0.25, 0.3) is 5.91 Å². The first kappa shape index (κ1) is 34.2. The Morgan fingerprint density at radius 3 is 2.15 bits per heavy atom. The van der Waals surface area contributed by atoms with Crippen LogP contribution in [0.5, 0.6) is 0 Å². The number of amides is 2. The van der Waals surface area contributed by atoms with E-state index in [0.717, 1.165) is 6.08 Å². The molecule has 0 aromatic carbocycles. The summed E-state index contributed by atoms with van der Waals surface area (Å²) in [6, 6.07) is 0. The highest BCUT2D eigenvalue weighted by Crippen LogP contribution is 2.66. The molecule has 1 aliphatic rings. The number of rotatable bonds is 11. The third-order valence-electron chi connectivity index (χ3n) is 3.04. The number of hydrogen-bond acceptors (Lipinski definition) is 11. The lowest BCUT2D eigenvalue weighted by molar-refractivity contribution is -0.121. The van der Waals surface area contributed by atoms with Crippen LogP contribution in [-0.2, 0) is 41.2 Å². The maximum atomic E-state index is 11.6. The molecule has 0 aliphatic carbocycles. The van der Waals surface area contributed by atoms with Gasteiger partial charge in [-0.25, -0.2) is 13.7 Å². The average Bonchev–Trinajstić information content (AvgIpc) is 3.13. The second-order valence-corrected chi connectivity index (χ2v) is 10.0. The van der Waals surface area contributed by atoms with Crippen LogP contribution in [0.3, 0.4) is 0 Å². The van der Waals surface area contributed by atoms with Gasteiger partial charge in [0.15, 0.2) is 0 Å². The first-order valence-electron chi connectivity index (χ1n) is 9.33. The van der Waals surface area contributed by atoms with Crippen molar-refractivity contribution in [2.45, 2.75) is 45.9 Å². The van der Waals surface area contributed by atoms with Gasteiger partial charge in [-0.2, -0.15) is 8.62 Å². The van der Waals surface area contributed by atoms with Crippen LogP contribution in [-0.4, -0.2) is 74.5 Å². The number of imide groups is 1. The SMILES string of the molecule is CC.CCO.CN(/C=C\C(=O)NC=O)C1CCC(COP(=O)(O)OP(=O)(O)OP(=O)(O)O)O1. The number of carbonyl (C=O) groups excluding carboxylic acids is 2. The molecule has 1 aliphatic heterocycles. The number of carbonyl (C=O) groups is 2. The fraction of sp³-hybridized carbons (Fsp3) is 0.714. The van der Waals surface area contributed by atoms with E-state index in [1.54, 1.807) is 14.0 Å². The van der Waals surface area contributed by atoms with Gasteiger partial charge in [-0.15, -0.1) is 0 Å². The molecule has 1 saturated heterocycles. The van der Waals surface area contributed by atoms with Crippen LogP contribution in [0.2, 0.25) is 0 Å². The summed E-state index contributed by atoms with van der Waals surface area (Å²) in [6.07, 6.45) is 2.16. The van der Waals surface area contributed by atoms with Gasteiger partial charge in [0.2, 0.25) is 6.41 Å². The summed E-state index contributed by atoms with van der Waals surface area (Å²) >= 11 is 0. The molecule has 1 fully saturated rings. The van der Waals surface area contributed by atoms with Crippen molar-refractivity contribution < 1.29 is 65.8 Å².